The Morgan fingerprint density at radius 3 is 1.71 bits per heavy atom. The van der Waals surface area contributed by atoms with Gasteiger partial charge < -0.3 is 19.1 Å². The van der Waals surface area contributed by atoms with Crippen LogP contribution in [-0.4, -0.2) is 9.55 Å². The van der Waals surface area contributed by atoms with Crippen LogP contribution in [0.1, 0.15) is 77.0 Å². The van der Waals surface area contributed by atoms with Gasteiger partial charge in [-0.2, -0.15) is 6.07 Å². The number of pyridine rings is 1. The van der Waals surface area contributed by atoms with Crippen LogP contribution in [0, 0.1) is 42.1 Å². The van der Waals surface area contributed by atoms with E-state index in [1.807, 2.05) is 77.3 Å². The van der Waals surface area contributed by atoms with Gasteiger partial charge in [0.2, 0.25) is 0 Å². The van der Waals surface area contributed by atoms with Crippen LogP contribution in [0.4, 0.5) is 40.3 Å². The molecule has 1 aliphatic heterocycles. The average Bonchev–Trinajstić information content (AvgIpc) is 3.81. The summed E-state index contributed by atoms with van der Waals surface area (Å²) in [6.45, 7) is 17.3. The predicted octanol–water partition coefficient (Wildman–Crippen LogP) is 19.7. The zero-order valence-electron chi connectivity index (χ0n) is 45.2. The third kappa shape index (κ3) is 10.1. The molecule has 5 nitrogen and oxygen atoms in total. The summed E-state index contributed by atoms with van der Waals surface area (Å²) in [7, 11) is 0. The van der Waals surface area contributed by atoms with Gasteiger partial charge in [-0.15, -0.1) is 53.6 Å². The molecule has 402 valence electrons. The van der Waals surface area contributed by atoms with Crippen molar-refractivity contribution in [3.05, 3.63) is 247 Å². The second-order valence-electron chi connectivity index (χ2n) is 21.9. The fourth-order valence-electron chi connectivity index (χ4n) is 11.1. The van der Waals surface area contributed by atoms with Crippen LogP contribution in [0.2, 0.25) is 0 Å². The van der Waals surface area contributed by atoms with E-state index in [0.717, 1.165) is 84.4 Å². The van der Waals surface area contributed by atoms with Gasteiger partial charge in [0.25, 0.3) is 0 Å². The first-order valence-electron chi connectivity index (χ1n) is 26.6. The van der Waals surface area contributed by atoms with Gasteiger partial charge in [-0.3, -0.25) is 0 Å². The van der Waals surface area contributed by atoms with Crippen molar-refractivity contribution < 1.29 is 43.4 Å². The first-order valence-corrected chi connectivity index (χ1v) is 26.6. The van der Waals surface area contributed by atoms with Crippen LogP contribution < -0.4 is 14.5 Å². The van der Waals surface area contributed by atoms with Crippen LogP contribution in [-0.2, 0) is 26.5 Å². The van der Waals surface area contributed by atoms with E-state index in [1.165, 1.54) is 24.3 Å². The third-order valence-electron chi connectivity index (χ3n) is 14.8. The molecule has 0 unspecified atom stereocenters. The van der Waals surface area contributed by atoms with Crippen molar-refractivity contribution >= 4 is 44.6 Å². The standard InChI is InChI=1S/C70H55F4N4O.Pt/c1-42(2)61-34-45(44-16-9-8-10-17-44)35-62(43(3)4)68(61)48-32-54(39-56(33-48)79-55-24-25-60-59-18-11-12-21-63(59)78(66(60)40-55)67-36-49(26-27-75-67)70(5,6)7)76-41-77(65-23-14-13-22-64(65)76)69-57(46-28-50(71)37-51(72)29-46)19-15-20-58(69)47-30-52(73)38-53(74)31-47;/h8-38,41-43H,1-7H3;/q-3;. The maximum Gasteiger partial charge on any atom is 0.135 e. The molecule has 9 aromatic carbocycles. The fraction of sp³-hybridized carbons (Fsp3) is 0.143. The SMILES string of the molecule is CC(C)c1cc(-c2ccccc2)cc(C(C)C)c1-c1cc(Oc2[c-]c3c(cc2)c2ccccc2n3-c2cc(C(C)(C)C)ccn2)[c-]c(N2[CH-]N(c3c(-c4cc(F)cc(F)c4)cccc3-c3cc(F)cc(F)c3)c3ccccc32)c1.[Pt]. The third-order valence-corrected chi connectivity index (χ3v) is 14.8. The fourth-order valence-corrected chi connectivity index (χ4v) is 11.1. The second-order valence-corrected chi connectivity index (χ2v) is 21.9. The molecule has 1 aliphatic rings. The summed E-state index contributed by atoms with van der Waals surface area (Å²) >= 11 is 0. The number of para-hydroxylation sites is 4. The minimum absolute atomic E-state index is 0. The quantitative estimate of drug-likeness (QED) is 0.0955. The molecule has 0 aliphatic carbocycles. The Morgan fingerprint density at radius 2 is 1.10 bits per heavy atom. The number of nitrogens with zero attached hydrogens (tertiary/aromatic N) is 4. The number of rotatable bonds is 11. The number of benzene rings is 9. The van der Waals surface area contributed by atoms with Gasteiger partial charge in [-0.05, 0) is 122 Å². The predicted molar refractivity (Wildman–Crippen MR) is 313 cm³/mol. The van der Waals surface area contributed by atoms with Gasteiger partial charge in [0, 0.05) is 84.6 Å². The van der Waals surface area contributed by atoms with Crippen LogP contribution >= 0.6 is 0 Å². The van der Waals surface area contributed by atoms with Crippen LogP contribution in [0.3, 0.4) is 0 Å². The number of ether oxygens (including phenoxy) is 1. The summed E-state index contributed by atoms with van der Waals surface area (Å²) in [5, 5.41) is 2.05. The van der Waals surface area contributed by atoms with Gasteiger partial charge in [-0.25, -0.2) is 22.5 Å². The van der Waals surface area contributed by atoms with E-state index < -0.39 is 23.3 Å². The number of aromatic nitrogens is 2. The van der Waals surface area contributed by atoms with E-state index in [0.29, 0.717) is 39.7 Å². The summed E-state index contributed by atoms with van der Waals surface area (Å²) in [5.74, 6) is -1.19. The van der Waals surface area contributed by atoms with E-state index >= 15 is 17.6 Å². The minimum Gasteiger partial charge on any atom is -0.509 e. The van der Waals surface area contributed by atoms with Crippen molar-refractivity contribution in [3.63, 3.8) is 0 Å². The second kappa shape index (κ2) is 21.4. The van der Waals surface area contributed by atoms with E-state index in [1.54, 1.807) is 18.2 Å². The first-order chi connectivity index (χ1) is 38.1. The van der Waals surface area contributed by atoms with Crippen molar-refractivity contribution in [1.29, 1.82) is 0 Å². The molecular weight excluding hydrogens is 1180 g/mol. The summed E-state index contributed by atoms with van der Waals surface area (Å²) in [6.07, 6.45) is 1.86. The van der Waals surface area contributed by atoms with Crippen molar-refractivity contribution in [2.24, 2.45) is 0 Å². The summed E-state index contributed by atoms with van der Waals surface area (Å²) in [4.78, 5) is 8.82. The van der Waals surface area contributed by atoms with Gasteiger partial charge in [0.15, 0.2) is 0 Å². The Bertz CT molecular complexity index is 4030. The molecule has 0 atom stereocenters. The largest absolute Gasteiger partial charge is 0.509 e. The molecule has 0 radical (unpaired) electrons. The Balaban J connectivity index is 0.00000675. The molecule has 0 bridgehead atoms. The minimum atomic E-state index is -0.767. The van der Waals surface area contributed by atoms with Crippen molar-refractivity contribution in [1.82, 2.24) is 9.55 Å². The zero-order valence-corrected chi connectivity index (χ0v) is 47.4. The van der Waals surface area contributed by atoms with Crippen LogP contribution in [0.5, 0.6) is 11.5 Å². The summed E-state index contributed by atoms with van der Waals surface area (Å²) < 4.78 is 70.0. The molecule has 11 aromatic rings. The number of halogens is 4. The molecule has 10 heteroatoms. The van der Waals surface area contributed by atoms with Gasteiger partial charge in [0.1, 0.15) is 29.1 Å². The van der Waals surface area contributed by atoms with E-state index in [-0.39, 0.29) is 49.4 Å². The first kappa shape index (κ1) is 53.7. The van der Waals surface area contributed by atoms with E-state index in [2.05, 4.69) is 138 Å². The monoisotopic (exact) mass is 1240 g/mol. The molecule has 0 spiro atoms. The molecule has 12 rings (SSSR count). The summed E-state index contributed by atoms with van der Waals surface area (Å²) in [5.41, 5.74) is 13.2. The number of fused-ring (bicyclic) bond motifs is 4. The zero-order chi connectivity index (χ0) is 54.9. The van der Waals surface area contributed by atoms with Crippen molar-refractivity contribution in [3.8, 4) is 61.8 Å². The Hall–Kier alpha value is -8.26. The number of hydrogen-bond acceptors (Lipinski definition) is 4. The molecule has 3 heterocycles. The maximum absolute atomic E-state index is 15.2. The molecule has 2 aromatic heterocycles. The molecule has 0 amide bonds. The Morgan fingerprint density at radius 1 is 0.512 bits per heavy atom. The van der Waals surface area contributed by atoms with Gasteiger partial charge >= 0.3 is 0 Å². The number of anilines is 4. The van der Waals surface area contributed by atoms with E-state index in [4.69, 9.17) is 9.72 Å². The Labute approximate surface area is 479 Å². The molecule has 0 N–H and O–H groups in total. The molecule has 0 saturated carbocycles. The molecule has 0 saturated heterocycles. The number of hydrogen-bond donors (Lipinski definition) is 0. The maximum atomic E-state index is 15.2. The Kier molecular flexibility index (Phi) is 14.4. The van der Waals surface area contributed by atoms with Crippen LogP contribution in [0.15, 0.2) is 188 Å². The molecule has 80 heavy (non-hydrogen) atoms. The van der Waals surface area contributed by atoms with Gasteiger partial charge in [-0.1, -0.05) is 145 Å². The average molecular weight is 1240 g/mol. The molecule has 0 fully saturated rings. The van der Waals surface area contributed by atoms with Crippen LogP contribution in [0.25, 0.3) is 72.1 Å². The van der Waals surface area contributed by atoms with Crippen molar-refractivity contribution in [2.45, 2.75) is 65.7 Å². The smallest absolute Gasteiger partial charge is 0.135 e. The normalized spacial score (nSPS) is 12.5. The van der Waals surface area contributed by atoms with Crippen molar-refractivity contribution in [2.75, 3.05) is 9.80 Å². The molecular formula is C70H55F4N4OPt-3. The van der Waals surface area contributed by atoms with Gasteiger partial charge in [0.05, 0.1) is 0 Å². The van der Waals surface area contributed by atoms with E-state index in [9.17, 15) is 0 Å². The summed E-state index contributed by atoms with van der Waals surface area (Å²) in [6, 6.07) is 62.7. The topological polar surface area (TPSA) is 33.5 Å².